The van der Waals surface area contributed by atoms with Crippen molar-refractivity contribution in [3.8, 4) is 0 Å². The molecule has 0 bridgehead atoms. The van der Waals surface area contributed by atoms with Crippen molar-refractivity contribution in [3.63, 3.8) is 0 Å². The maximum Gasteiger partial charge on any atom is 0.338 e. The number of hydrogen-bond donors (Lipinski definition) is 2. The first-order valence-electron chi connectivity index (χ1n) is 5.53. The number of rotatable bonds is 3. The summed E-state index contributed by atoms with van der Waals surface area (Å²) in [5.41, 5.74) is 7.86. The van der Waals surface area contributed by atoms with E-state index < -0.39 is 0 Å². The third-order valence-electron chi connectivity index (χ3n) is 2.63. The Labute approximate surface area is 113 Å². The van der Waals surface area contributed by atoms with E-state index in [9.17, 15) is 4.79 Å². The number of methoxy groups -OCH3 is 1. The quantitative estimate of drug-likeness (QED) is 0.850. The highest BCUT2D eigenvalue weighted by atomic mass is 79.9. The molecule has 0 saturated carbocycles. The Morgan fingerprint density at radius 3 is 2.94 bits per heavy atom. The van der Waals surface area contributed by atoms with E-state index in [2.05, 4.69) is 26.1 Å². The van der Waals surface area contributed by atoms with Crippen molar-refractivity contribution in [1.29, 1.82) is 0 Å². The third-order valence-corrected chi connectivity index (χ3v) is 3.08. The Hall–Kier alpha value is -1.40. The van der Waals surface area contributed by atoms with E-state index in [1.54, 1.807) is 6.07 Å². The van der Waals surface area contributed by atoms with Gasteiger partial charge in [-0.05, 0) is 19.1 Å². The minimum Gasteiger partial charge on any atom is -0.465 e. The number of benzene rings is 1. The summed E-state index contributed by atoms with van der Waals surface area (Å²) in [6, 6.07) is 3.57. The molecule has 0 aliphatic heterocycles. The average Bonchev–Trinajstić information content (AvgIpc) is 2.69. The molecule has 6 heteroatoms. The molecule has 1 heterocycles. The fraction of sp³-hybridized carbons (Fsp3) is 0.333. The smallest absolute Gasteiger partial charge is 0.338 e. The molecule has 0 spiro atoms. The number of H-pyrrole nitrogens is 1. The average molecular weight is 312 g/mol. The summed E-state index contributed by atoms with van der Waals surface area (Å²) < 4.78 is 5.58. The van der Waals surface area contributed by atoms with E-state index in [4.69, 9.17) is 10.5 Å². The maximum atomic E-state index is 11.8. The van der Waals surface area contributed by atoms with Gasteiger partial charge in [0.1, 0.15) is 0 Å². The first-order chi connectivity index (χ1) is 8.52. The molecule has 1 atom stereocenters. The molecular formula is C12H14BrN3O2. The summed E-state index contributed by atoms with van der Waals surface area (Å²) in [4.78, 5) is 11.8. The molecule has 0 fully saturated rings. The zero-order valence-electron chi connectivity index (χ0n) is 10.2. The van der Waals surface area contributed by atoms with Gasteiger partial charge in [0.15, 0.2) is 0 Å². The normalized spacial score (nSPS) is 12.7. The van der Waals surface area contributed by atoms with E-state index in [1.807, 2.05) is 13.0 Å². The zero-order chi connectivity index (χ0) is 13.3. The van der Waals surface area contributed by atoms with Gasteiger partial charge in [0.05, 0.1) is 18.2 Å². The number of fused-ring (bicyclic) bond motifs is 1. The summed E-state index contributed by atoms with van der Waals surface area (Å²) in [6.45, 7) is 1.91. The number of halogens is 1. The number of nitrogens with two attached hydrogens (primary N) is 1. The van der Waals surface area contributed by atoms with Crippen molar-refractivity contribution in [2.75, 3.05) is 7.11 Å². The van der Waals surface area contributed by atoms with Crippen LogP contribution >= 0.6 is 15.9 Å². The van der Waals surface area contributed by atoms with Crippen molar-refractivity contribution in [2.45, 2.75) is 19.4 Å². The van der Waals surface area contributed by atoms with Crippen LogP contribution in [0, 0.1) is 0 Å². The second kappa shape index (κ2) is 5.07. The highest BCUT2D eigenvalue weighted by Gasteiger charge is 2.17. The Kier molecular flexibility index (Phi) is 3.68. The van der Waals surface area contributed by atoms with Gasteiger partial charge in [-0.1, -0.05) is 15.9 Å². The standard InChI is InChI=1S/C12H14BrN3O2/c1-6(14)3-9-11-8(12(17)18-2)4-7(13)5-10(11)16-15-9/h4-6H,3,14H2,1-2H3,(H,15,16)/t6-/m0/s1. The number of carbonyl (C=O) groups is 1. The summed E-state index contributed by atoms with van der Waals surface area (Å²) >= 11 is 3.35. The lowest BCUT2D eigenvalue weighted by molar-refractivity contribution is 0.0603. The van der Waals surface area contributed by atoms with Gasteiger partial charge in [-0.25, -0.2) is 4.79 Å². The van der Waals surface area contributed by atoms with Crippen LogP contribution in [0.2, 0.25) is 0 Å². The molecule has 0 unspecified atom stereocenters. The number of nitrogens with one attached hydrogen (secondary N) is 1. The van der Waals surface area contributed by atoms with Gasteiger partial charge in [-0.3, -0.25) is 5.10 Å². The van der Waals surface area contributed by atoms with Crippen LogP contribution in [0.15, 0.2) is 16.6 Å². The van der Waals surface area contributed by atoms with Crippen LogP contribution in [0.25, 0.3) is 10.9 Å². The lowest BCUT2D eigenvalue weighted by Gasteiger charge is -2.06. The van der Waals surface area contributed by atoms with Crippen LogP contribution in [0.1, 0.15) is 23.0 Å². The Morgan fingerprint density at radius 1 is 1.61 bits per heavy atom. The largest absolute Gasteiger partial charge is 0.465 e. The summed E-state index contributed by atoms with van der Waals surface area (Å²) in [5, 5.41) is 7.90. The second-order valence-corrected chi connectivity index (χ2v) is 5.14. The van der Waals surface area contributed by atoms with Crippen molar-refractivity contribution in [2.24, 2.45) is 5.73 Å². The van der Waals surface area contributed by atoms with Gasteiger partial charge in [0.25, 0.3) is 0 Å². The number of aromatic amines is 1. The SMILES string of the molecule is COC(=O)c1cc(Br)cc2n[nH]c(C[C@H](C)N)c12. The van der Waals surface area contributed by atoms with E-state index in [-0.39, 0.29) is 12.0 Å². The molecule has 18 heavy (non-hydrogen) atoms. The molecule has 2 rings (SSSR count). The molecule has 5 nitrogen and oxygen atoms in total. The number of nitrogens with zero attached hydrogens (tertiary/aromatic N) is 1. The van der Waals surface area contributed by atoms with E-state index in [1.165, 1.54) is 7.11 Å². The first-order valence-corrected chi connectivity index (χ1v) is 6.32. The highest BCUT2D eigenvalue weighted by Crippen LogP contribution is 2.26. The molecule has 0 saturated heterocycles. The predicted molar refractivity (Wildman–Crippen MR) is 72.5 cm³/mol. The first kappa shape index (κ1) is 13.0. The van der Waals surface area contributed by atoms with Gasteiger partial charge in [-0.15, -0.1) is 0 Å². The van der Waals surface area contributed by atoms with Gasteiger partial charge >= 0.3 is 5.97 Å². The monoisotopic (exact) mass is 311 g/mol. The highest BCUT2D eigenvalue weighted by molar-refractivity contribution is 9.10. The summed E-state index contributed by atoms with van der Waals surface area (Å²) in [5.74, 6) is -0.381. The van der Waals surface area contributed by atoms with Crippen molar-refractivity contribution >= 4 is 32.8 Å². The topological polar surface area (TPSA) is 81.0 Å². The number of hydrogen-bond acceptors (Lipinski definition) is 4. The molecule has 1 aromatic carbocycles. The number of ether oxygens (including phenoxy) is 1. The summed E-state index contributed by atoms with van der Waals surface area (Å²) in [7, 11) is 1.36. The van der Waals surface area contributed by atoms with Gasteiger partial charge < -0.3 is 10.5 Å². The number of aromatic nitrogens is 2. The molecule has 3 N–H and O–H groups in total. The lowest BCUT2D eigenvalue weighted by Crippen LogP contribution is -2.18. The molecule has 0 amide bonds. The van der Waals surface area contributed by atoms with Crippen molar-refractivity contribution in [3.05, 3.63) is 27.9 Å². The minimum absolute atomic E-state index is 0.0113. The number of esters is 1. The Morgan fingerprint density at radius 2 is 2.33 bits per heavy atom. The van der Waals surface area contributed by atoms with Crippen LogP contribution in [-0.4, -0.2) is 29.3 Å². The van der Waals surface area contributed by atoms with Gasteiger partial charge in [-0.2, -0.15) is 5.10 Å². The molecule has 0 radical (unpaired) electrons. The van der Waals surface area contributed by atoms with Gasteiger partial charge in [0, 0.05) is 28.0 Å². The fourth-order valence-corrected chi connectivity index (χ4v) is 2.37. The summed E-state index contributed by atoms with van der Waals surface area (Å²) in [6.07, 6.45) is 0.627. The Balaban J connectivity index is 2.65. The molecule has 96 valence electrons. The van der Waals surface area contributed by atoms with Crippen molar-refractivity contribution in [1.82, 2.24) is 10.2 Å². The van der Waals surface area contributed by atoms with Crippen LogP contribution in [0.4, 0.5) is 0 Å². The molecule has 0 aliphatic carbocycles. The molecular weight excluding hydrogens is 298 g/mol. The lowest BCUT2D eigenvalue weighted by atomic mass is 10.0. The van der Waals surface area contributed by atoms with Crippen LogP contribution < -0.4 is 5.73 Å². The van der Waals surface area contributed by atoms with Crippen LogP contribution in [0.5, 0.6) is 0 Å². The molecule has 2 aromatic rings. The fourth-order valence-electron chi connectivity index (χ4n) is 1.92. The third kappa shape index (κ3) is 2.39. The van der Waals surface area contributed by atoms with Crippen LogP contribution in [-0.2, 0) is 11.2 Å². The predicted octanol–water partition coefficient (Wildman–Crippen LogP) is 2.00. The van der Waals surface area contributed by atoms with E-state index in [0.717, 1.165) is 21.1 Å². The van der Waals surface area contributed by atoms with E-state index in [0.29, 0.717) is 12.0 Å². The zero-order valence-corrected chi connectivity index (χ0v) is 11.7. The molecule has 1 aromatic heterocycles. The minimum atomic E-state index is -0.381. The van der Waals surface area contributed by atoms with E-state index >= 15 is 0 Å². The van der Waals surface area contributed by atoms with Gasteiger partial charge in [0.2, 0.25) is 0 Å². The second-order valence-electron chi connectivity index (χ2n) is 4.22. The Bertz CT molecular complexity index is 592. The number of carbonyl (C=O) groups excluding carboxylic acids is 1. The maximum absolute atomic E-state index is 11.8. The van der Waals surface area contributed by atoms with Crippen LogP contribution in [0.3, 0.4) is 0 Å². The van der Waals surface area contributed by atoms with Crippen molar-refractivity contribution < 1.29 is 9.53 Å². The molecule has 0 aliphatic rings.